The van der Waals surface area contributed by atoms with E-state index in [-0.39, 0.29) is 5.56 Å². The molecule has 0 saturated carbocycles. The SMILES string of the molecule is Cc1cc(-c2nc3ccc(CN)cc3n2CC2CCCOC2)cn(C)c1=O. The van der Waals surface area contributed by atoms with Crippen molar-refractivity contribution in [1.29, 1.82) is 0 Å². The molecule has 6 nitrogen and oxygen atoms in total. The first-order valence-corrected chi connectivity index (χ1v) is 9.51. The highest BCUT2D eigenvalue weighted by Gasteiger charge is 2.20. The maximum Gasteiger partial charge on any atom is 0.253 e. The van der Waals surface area contributed by atoms with Crippen molar-refractivity contribution in [3.63, 3.8) is 0 Å². The zero-order chi connectivity index (χ0) is 19.0. The van der Waals surface area contributed by atoms with Crippen molar-refractivity contribution >= 4 is 11.0 Å². The molecule has 1 atom stereocenters. The number of hydrogen-bond donors (Lipinski definition) is 1. The second-order valence-corrected chi connectivity index (χ2v) is 7.48. The Bertz CT molecular complexity index is 1000. The van der Waals surface area contributed by atoms with Crippen LogP contribution in [-0.4, -0.2) is 27.3 Å². The summed E-state index contributed by atoms with van der Waals surface area (Å²) >= 11 is 0. The van der Waals surface area contributed by atoms with Gasteiger partial charge in [-0.15, -0.1) is 0 Å². The summed E-state index contributed by atoms with van der Waals surface area (Å²) in [6.45, 7) is 4.83. The van der Waals surface area contributed by atoms with E-state index in [9.17, 15) is 4.79 Å². The van der Waals surface area contributed by atoms with Gasteiger partial charge >= 0.3 is 0 Å². The van der Waals surface area contributed by atoms with Crippen molar-refractivity contribution in [3.05, 3.63) is 51.9 Å². The molecule has 0 aliphatic carbocycles. The van der Waals surface area contributed by atoms with Gasteiger partial charge in [0.1, 0.15) is 5.82 Å². The third-order valence-corrected chi connectivity index (χ3v) is 5.36. The highest BCUT2D eigenvalue weighted by atomic mass is 16.5. The molecule has 27 heavy (non-hydrogen) atoms. The molecule has 1 aromatic carbocycles. The predicted octanol–water partition coefficient (Wildman–Crippen LogP) is 2.60. The average Bonchev–Trinajstić information content (AvgIpc) is 3.04. The number of aromatic nitrogens is 3. The zero-order valence-corrected chi connectivity index (χ0v) is 15.9. The molecule has 0 spiro atoms. The van der Waals surface area contributed by atoms with Gasteiger partial charge < -0.3 is 19.6 Å². The van der Waals surface area contributed by atoms with E-state index in [1.165, 1.54) is 0 Å². The van der Waals surface area contributed by atoms with E-state index in [1.54, 1.807) is 11.6 Å². The normalized spacial score (nSPS) is 17.5. The van der Waals surface area contributed by atoms with Crippen LogP contribution in [-0.2, 0) is 24.9 Å². The molecule has 1 aliphatic heterocycles. The van der Waals surface area contributed by atoms with Crippen LogP contribution < -0.4 is 11.3 Å². The van der Waals surface area contributed by atoms with Crippen molar-refractivity contribution in [2.24, 2.45) is 18.7 Å². The monoisotopic (exact) mass is 366 g/mol. The molecular weight excluding hydrogens is 340 g/mol. The number of imidazole rings is 1. The standard InChI is InChI=1S/C21H26N4O2/c1-14-8-17(12-24(2)21(14)26)20-23-18-6-5-15(10-22)9-19(18)25(20)11-16-4-3-7-27-13-16/h5-6,8-9,12,16H,3-4,7,10-11,13,22H2,1-2H3. The molecule has 3 aromatic rings. The molecule has 0 radical (unpaired) electrons. The van der Waals surface area contributed by atoms with Gasteiger partial charge in [0.25, 0.3) is 5.56 Å². The van der Waals surface area contributed by atoms with Gasteiger partial charge in [-0.25, -0.2) is 4.98 Å². The van der Waals surface area contributed by atoms with E-state index in [0.717, 1.165) is 66.1 Å². The smallest absolute Gasteiger partial charge is 0.253 e. The number of fused-ring (bicyclic) bond motifs is 1. The summed E-state index contributed by atoms with van der Waals surface area (Å²) in [6.07, 6.45) is 4.12. The second-order valence-electron chi connectivity index (χ2n) is 7.48. The van der Waals surface area contributed by atoms with Crippen LogP contribution in [0.3, 0.4) is 0 Å². The van der Waals surface area contributed by atoms with Crippen molar-refractivity contribution in [1.82, 2.24) is 14.1 Å². The quantitative estimate of drug-likeness (QED) is 0.770. The number of benzene rings is 1. The van der Waals surface area contributed by atoms with Crippen molar-refractivity contribution in [2.75, 3.05) is 13.2 Å². The molecule has 4 rings (SSSR count). The summed E-state index contributed by atoms with van der Waals surface area (Å²) in [5, 5.41) is 0. The number of rotatable bonds is 4. The van der Waals surface area contributed by atoms with Gasteiger partial charge in [-0.05, 0) is 43.5 Å². The Morgan fingerprint density at radius 2 is 2.19 bits per heavy atom. The molecule has 3 heterocycles. The van der Waals surface area contributed by atoms with Gasteiger partial charge in [-0.1, -0.05) is 6.07 Å². The van der Waals surface area contributed by atoms with Crippen LogP contribution in [0.25, 0.3) is 22.4 Å². The third-order valence-electron chi connectivity index (χ3n) is 5.36. The second kappa shape index (κ2) is 7.29. The summed E-state index contributed by atoms with van der Waals surface area (Å²) in [4.78, 5) is 17.0. The van der Waals surface area contributed by atoms with E-state index in [0.29, 0.717) is 12.5 Å². The Labute approximate surface area is 158 Å². The Hall–Kier alpha value is -2.44. The first-order valence-electron chi connectivity index (χ1n) is 9.51. The maximum absolute atomic E-state index is 12.1. The van der Waals surface area contributed by atoms with Crippen LogP contribution in [0.15, 0.2) is 35.3 Å². The first-order chi connectivity index (χ1) is 13.1. The number of ether oxygens (including phenoxy) is 1. The lowest BCUT2D eigenvalue weighted by Gasteiger charge is -2.23. The van der Waals surface area contributed by atoms with Crippen molar-refractivity contribution < 1.29 is 4.74 Å². The maximum atomic E-state index is 12.1. The molecule has 0 amide bonds. The van der Waals surface area contributed by atoms with Crippen LogP contribution in [0, 0.1) is 12.8 Å². The van der Waals surface area contributed by atoms with E-state index in [2.05, 4.69) is 10.6 Å². The first kappa shape index (κ1) is 17.9. The lowest BCUT2D eigenvalue weighted by molar-refractivity contribution is 0.0489. The molecule has 2 N–H and O–H groups in total. The molecule has 6 heteroatoms. The van der Waals surface area contributed by atoms with Crippen LogP contribution in [0.1, 0.15) is 24.0 Å². The Morgan fingerprint density at radius 1 is 1.33 bits per heavy atom. The number of pyridine rings is 1. The Kier molecular flexibility index (Phi) is 4.85. The van der Waals surface area contributed by atoms with E-state index in [4.69, 9.17) is 15.5 Å². The van der Waals surface area contributed by atoms with Crippen molar-refractivity contribution in [3.8, 4) is 11.4 Å². The summed E-state index contributed by atoms with van der Waals surface area (Å²) in [6, 6.07) is 8.12. The highest BCUT2D eigenvalue weighted by molar-refractivity contribution is 5.81. The molecule has 0 bridgehead atoms. The fourth-order valence-electron chi connectivity index (χ4n) is 3.91. The van der Waals surface area contributed by atoms with Crippen LogP contribution in [0.2, 0.25) is 0 Å². The summed E-state index contributed by atoms with van der Waals surface area (Å²) in [5.41, 5.74) is 10.7. The molecular formula is C21H26N4O2. The van der Waals surface area contributed by atoms with Gasteiger partial charge in [-0.3, -0.25) is 4.79 Å². The van der Waals surface area contributed by atoms with E-state index < -0.39 is 0 Å². The van der Waals surface area contributed by atoms with Gasteiger partial charge in [-0.2, -0.15) is 0 Å². The van der Waals surface area contributed by atoms with Gasteiger partial charge in [0.15, 0.2) is 0 Å². The van der Waals surface area contributed by atoms with Gasteiger partial charge in [0, 0.05) is 50.0 Å². The minimum absolute atomic E-state index is 0.0208. The van der Waals surface area contributed by atoms with Gasteiger partial charge in [0.2, 0.25) is 0 Å². The molecule has 1 aliphatic rings. The van der Waals surface area contributed by atoms with Crippen LogP contribution in [0.4, 0.5) is 0 Å². The third kappa shape index (κ3) is 3.42. The van der Waals surface area contributed by atoms with Crippen molar-refractivity contribution in [2.45, 2.75) is 32.9 Å². The summed E-state index contributed by atoms with van der Waals surface area (Å²) in [7, 11) is 1.79. The Morgan fingerprint density at radius 3 is 2.89 bits per heavy atom. The minimum Gasteiger partial charge on any atom is -0.381 e. The Balaban J connectivity index is 1.88. The predicted molar refractivity (Wildman–Crippen MR) is 107 cm³/mol. The topological polar surface area (TPSA) is 75.1 Å². The molecule has 2 aromatic heterocycles. The highest BCUT2D eigenvalue weighted by Crippen LogP contribution is 2.28. The van der Waals surface area contributed by atoms with E-state index >= 15 is 0 Å². The lowest BCUT2D eigenvalue weighted by atomic mass is 10.0. The lowest BCUT2D eigenvalue weighted by Crippen LogP contribution is -2.23. The fraction of sp³-hybridized carbons (Fsp3) is 0.429. The fourth-order valence-corrected chi connectivity index (χ4v) is 3.91. The molecule has 1 unspecified atom stereocenters. The summed E-state index contributed by atoms with van der Waals surface area (Å²) in [5.74, 6) is 1.36. The number of hydrogen-bond acceptors (Lipinski definition) is 4. The van der Waals surface area contributed by atoms with Gasteiger partial charge in [0.05, 0.1) is 17.6 Å². The molecule has 1 saturated heterocycles. The average molecular weight is 366 g/mol. The summed E-state index contributed by atoms with van der Waals surface area (Å²) < 4.78 is 9.59. The number of nitrogens with zero attached hydrogens (tertiary/aromatic N) is 3. The van der Waals surface area contributed by atoms with Crippen LogP contribution in [0.5, 0.6) is 0 Å². The molecule has 142 valence electrons. The largest absolute Gasteiger partial charge is 0.381 e. The van der Waals surface area contributed by atoms with E-state index in [1.807, 2.05) is 31.3 Å². The number of aryl methyl sites for hydroxylation is 2. The minimum atomic E-state index is 0.0208. The zero-order valence-electron chi connectivity index (χ0n) is 15.9. The van der Waals surface area contributed by atoms with Crippen LogP contribution >= 0.6 is 0 Å². The molecule has 1 fully saturated rings. The number of nitrogens with two attached hydrogens (primary N) is 1.